The van der Waals surface area contributed by atoms with Gasteiger partial charge in [0.25, 0.3) is 0 Å². The zero-order valence-electron chi connectivity index (χ0n) is 15.8. The molecular formula is C23H21N3O2. The van der Waals surface area contributed by atoms with Gasteiger partial charge in [0, 0.05) is 30.9 Å². The first-order chi connectivity index (χ1) is 13.6. The van der Waals surface area contributed by atoms with E-state index in [2.05, 4.69) is 27.1 Å². The summed E-state index contributed by atoms with van der Waals surface area (Å²) in [5, 5.41) is 2.88. The van der Waals surface area contributed by atoms with Gasteiger partial charge in [0.15, 0.2) is 0 Å². The Morgan fingerprint density at radius 2 is 1.64 bits per heavy atom. The molecule has 0 spiro atoms. The van der Waals surface area contributed by atoms with Crippen LogP contribution in [0.3, 0.4) is 0 Å². The fraction of sp³-hybridized carbons (Fsp3) is 0.174. The smallest absolute Gasteiger partial charge is 0.321 e. The van der Waals surface area contributed by atoms with E-state index in [1.807, 2.05) is 61.5 Å². The fourth-order valence-corrected chi connectivity index (χ4v) is 2.65. The minimum Gasteiger partial charge on any atom is -0.424 e. The highest BCUT2D eigenvalue weighted by atomic mass is 16.5. The molecule has 1 atom stereocenters. The maximum atomic E-state index is 11.1. The molecule has 1 heterocycles. The standard InChI is InChI=1S/C23H21N3O2/c1-17(26-18(2)27)14-20-11-8-19(9-12-20)10-13-21-15-24-23(25-16-21)28-22-6-4-3-5-7-22/h3-9,11-12,15-17H,14H2,1-2H3,(H,26,27). The maximum absolute atomic E-state index is 11.1. The van der Waals surface area contributed by atoms with Gasteiger partial charge in [-0.25, -0.2) is 9.97 Å². The van der Waals surface area contributed by atoms with Gasteiger partial charge in [-0.3, -0.25) is 4.79 Å². The van der Waals surface area contributed by atoms with Crippen LogP contribution in [0, 0.1) is 11.8 Å². The fourth-order valence-electron chi connectivity index (χ4n) is 2.65. The van der Waals surface area contributed by atoms with Crippen molar-refractivity contribution in [3.05, 3.63) is 83.7 Å². The van der Waals surface area contributed by atoms with E-state index in [0.717, 1.165) is 17.5 Å². The number of rotatable bonds is 5. The molecule has 28 heavy (non-hydrogen) atoms. The number of para-hydroxylation sites is 1. The minimum atomic E-state index is -0.0163. The number of aromatic nitrogens is 2. The molecule has 0 fully saturated rings. The van der Waals surface area contributed by atoms with E-state index < -0.39 is 0 Å². The Bertz CT molecular complexity index is 972. The molecule has 2 aromatic carbocycles. The molecule has 5 nitrogen and oxygen atoms in total. The summed E-state index contributed by atoms with van der Waals surface area (Å²) in [7, 11) is 0. The molecule has 0 saturated heterocycles. The first kappa shape index (κ1) is 19.1. The number of amides is 1. The van der Waals surface area contributed by atoms with Crippen LogP contribution in [0.25, 0.3) is 0 Å². The summed E-state index contributed by atoms with van der Waals surface area (Å²) in [6.07, 6.45) is 4.06. The minimum absolute atomic E-state index is 0.0163. The van der Waals surface area contributed by atoms with Crippen LogP contribution in [0.2, 0.25) is 0 Å². The number of hydrogen-bond acceptors (Lipinski definition) is 4. The van der Waals surface area contributed by atoms with Crippen LogP contribution >= 0.6 is 0 Å². The molecule has 140 valence electrons. The molecule has 1 aromatic heterocycles. The molecule has 1 unspecified atom stereocenters. The van der Waals surface area contributed by atoms with Crippen molar-refractivity contribution in [2.75, 3.05) is 0 Å². The van der Waals surface area contributed by atoms with Crippen molar-refractivity contribution in [3.8, 4) is 23.6 Å². The van der Waals surface area contributed by atoms with E-state index >= 15 is 0 Å². The Morgan fingerprint density at radius 3 is 2.29 bits per heavy atom. The average molecular weight is 371 g/mol. The Morgan fingerprint density at radius 1 is 1.00 bits per heavy atom. The quantitative estimate of drug-likeness (QED) is 0.694. The SMILES string of the molecule is CC(=O)NC(C)Cc1ccc(C#Cc2cnc(Oc3ccccc3)nc2)cc1. The normalized spacial score (nSPS) is 11.1. The summed E-state index contributed by atoms with van der Waals surface area (Å²) < 4.78 is 5.57. The van der Waals surface area contributed by atoms with Crippen molar-refractivity contribution in [3.63, 3.8) is 0 Å². The first-order valence-electron chi connectivity index (χ1n) is 9.01. The molecule has 0 saturated carbocycles. The summed E-state index contributed by atoms with van der Waals surface area (Å²) in [5.74, 6) is 6.83. The average Bonchev–Trinajstić information content (AvgIpc) is 2.69. The van der Waals surface area contributed by atoms with E-state index in [-0.39, 0.29) is 18.0 Å². The third kappa shape index (κ3) is 5.96. The lowest BCUT2D eigenvalue weighted by molar-refractivity contribution is -0.119. The molecule has 3 rings (SSSR count). The lowest BCUT2D eigenvalue weighted by Gasteiger charge is -2.12. The predicted molar refractivity (Wildman–Crippen MR) is 108 cm³/mol. The third-order valence-electron chi connectivity index (χ3n) is 3.88. The van der Waals surface area contributed by atoms with Crippen molar-refractivity contribution in [2.45, 2.75) is 26.3 Å². The summed E-state index contributed by atoms with van der Waals surface area (Å²) >= 11 is 0. The molecule has 1 amide bonds. The van der Waals surface area contributed by atoms with Gasteiger partial charge < -0.3 is 10.1 Å². The van der Waals surface area contributed by atoms with E-state index in [4.69, 9.17) is 4.74 Å². The molecule has 0 aliphatic heterocycles. The van der Waals surface area contributed by atoms with Crippen LogP contribution in [0.15, 0.2) is 67.0 Å². The van der Waals surface area contributed by atoms with Gasteiger partial charge in [-0.2, -0.15) is 0 Å². The highest BCUT2D eigenvalue weighted by Crippen LogP contribution is 2.16. The monoisotopic (exact) mass is 371 g/mol. The van der Waals surface area contributed by atoms with Crippen molar-refractivity contribution in [1.82, 2.24) is 15.3 Å². The molecule has 1 N–H and O–H groups in total. The van der Waals surface area contributed by atoms with Crippen LogP contribution in [-0.4, -0.2) is 21.9 Å². The van der Waals surface area contributed by atoms with E-state index in [0.29, 0.717) is 11.3 Å². The Hall–Kier alpha value is -3.65. The van der Waals surface area contributed by atoms with E-state index in [1.165, 1.54) is 6.92 Å². The molecule has 0 aliphatic rings. The number of carbonyl (C=O) groups is 1. The van der Waals surface area contributed by atoms with Crippen molar-refractivity contribution in [1.29, 1.82) is 0 Å². The predicted octanol–water partition coefficient (Wildman–Crippen LogP) is 3.74. The number of hydrogen-bond donors (Lipinski definition) is 1. The van der Waals surface area contributed by atoms with Crippen LogP contribution in [0.1, 0.15) is 30.5 Å². The zero-order valence-corrected chi connectivity index (χ0v) is 15.8. The number of carbonyl (C=O) groups excluding carboxylic acids is 1. The van der Waals surface area contributed by atoms with Gasteiger partial charge in [0.2, 0.25) is 5.91 Å². The van der Waals surface area contributed by atoms with E-state index in [1.54, 1.807) is 12.4 Å². The van der Waals surface area contributed by atoms with Crippen molar-refractivity contribution in [2.24, 2.45) is 0 Å². The maximum Gasteiger partial charge on any atom is 0.321 e. The van der Waals surface area contributed by atoms with Gasteiger partial charge in [-0.05, 0) is 43.2 Å². The molecular weight excluding hydrogens is 350 g/mol. The molecule has 0 aliphatic carbocycles. The topological polar surface area (TPSA) is 64.1 Å². The van der Waals surface area contributed by atoms with Gasteiger partial charge in [-0.1, -0.05) is 42.2 Å². The summed E-state index contributed by atoms with van der Waals surface area (Å²) in [6, 6.07) is 17.8. The second kappa shape index (κ2) is 9.33. The summed E-state index contributed by atoms with van der Waals surface area (Å²) in [4.78, 5) is 19.5. The van der Waals surface area contributed by atoms with Crippen LogP contribution < -0.4 is 10.1 Å². The van der Waals surface area contributed by atoms with Gasteiger partial charge in [0.1, 0.15) is 5.75 Å². The van der Waals surface area contributed by atoms with Gasteiger partial charge in [0.05, 0.1) is 5.56 Å². The number of benzene rings is 2. The lowest BCUT2D eigenvalue weighted by atomic mass is 10.1. The highest BCUT2D eigenvalue weighted by molar-refractivity contribution is 5.73. The first-order valence-corrected chi connectivity index (χ1v) is 9.01. The number of nitrogens with one attached hydrogen (secondary N) is 1. The molecule has 3 aromatic rings. The summed E-state index contributed by atoms with van der Waals surface area (Å²) in [6.45, 7) is 3.51. The lowest BCUT2D eigenvalue weighted by Crippen LogP contribution is -2.31. The Kier molecular flexibility index (Phi) is 6.37. The second-order valence-corrected chi connectivity index (χ2v) is 6.42. The van der Waals surface area contributed by atoms with Crippen LogP contribution in [-0.2, 0) is 11.2 Å². The second-order valence-electron chi connectivity index (χ2n) is 6.42. The van der Waals surface area contributed by atoms with Gasteiger partial charge >= 0.3 is 6.01 Å². The summed E-state index contributed by atoms with van der Waals surface area (Å²) in [5.41, 5.74) is 2.77. The van der Waals surface area contributed by atoms with Gasteiger partial charge in [-0.15, -0.1) is 0 Å². The highest BCUT2D eigenvalue weighted by Gasteiger charge is 2.04. The molecule has 5 heteroatoms. The van der Waals surface area contributed by atoms with Crippen molar-refractivity contribution >= 4 is 5.91 Å². The number of ether oxygens (including phenoxy) is 1. The molecule has 0 radical (unpaired) electrons. The third-order valence-corrected chi connectivity index (χ3v) is 3.88. The Balaban J connectivity index is 1.59. The Labute approximate surface area is 164 Å². The molecule has 0 bridgehead atoms. The van der Waals surface area contributed by atoms with Crippen LogP contribution in [0.4, 0.5) is 0 Å². The van der Waals surface area contributed by atoms with E-state index in [9.17, 15) is 4.79 Å². The van der Waals surface area contributed by atoms with Crippen LogP contribution in [0.5, 0.6) is 11.8 Å². The van der Waals surface area contributed by atoms with Crippen molar-refractivity contribution < 1.29 is 9.53 Å². The largest absolute Gasteiger partial charge is 0.424 e. The number of nitrogens with zero attached hydrogens (tertiary/aromatic N) is 2. The zero-order chi connectivity index (χ0) is 19.8.